The fraction of sp³-hybridized carbons (Fsp3) is 0.714. The lowest BCUT2D eigenvalue weighted by Crippen LogP contribution is -2.38. The zero-order chi connectivity index (χ0) is 11.6. The van der Waals surface area contributed by atoms with Crippen LogP contribution in [0.25, 0.3) is 0 Å². The minimum atomic E-state index is 0.393. The molecule has 0 aliphatic heterocycles. The van der Waals surface area contributed by atoms with Crippen LogP contribution in [0.4, 0.5) is 0 Å². The Labute approximate surface area is 103 Å². The second-order valence-corrected chi connectivity index (χ2v) is 6.55. The molecule has 16 heavy (non-hydrogen) atoms. The van der Waals surface area contributed by atoms with Crippen molar-refractivity contribution >= 4 is 11.3 Å². The Hall–Kier alpha value is -0.340. The van der Waals surface area contributed by atoms with Crippen LogP contribution in [0.3, 0.4) is 0 Å². The Morgan fingerprint density at radius 3 is 2.75 bits per heavy atom. The molecular formula is C14H23NS. The molecule has 1 nitrogen and oxygen atoms in total. The van der Waals surface area contributed by atoms with Crippen molar-refractivity contribution in [3.05, 3.63) is 22.4 Å². The van der Waals surface area contributed by atoms with E-state index in [0.29, 0.717) is 5.41 Å². The van der Waals surface area contributed by atoms with E-state index in [4.69, 9.17) is 0 Å². The third-order valence-electron chi connectivity index (χ3n) is 3.95. The number of hydrogen-bond donors (Lipinski definition) is 1. The van der Waals surface area contributed by atoms with Gasteiger partial charge >= 0.3 is 0 Å². The summed E-state index contributed by atoms with van der Waals surface area (Å²) in [6.45, 7) is 8.28. The molecule has 2 rings (SSSR count). The first kappa shape index (κ1) is 12.1. The minimum absolute atomic E-state index is 0.393. The molecule has 1 N–H and O–H groups in total. The molecule has 0 bridgehead atoms. The fourth-order valence-electron chi connectivity index (χ4n) is 2.00. The van der Waals surface area contributed by atoms with Crippen molar-refractivity contribution in [3.8, 4) is 0 Å². The molecule has 2 heteroatoms. The van der Waals surface area contributed by atoms with Crippen molar-refractivity contribution in [1.82, 2.24) is 5.32 Å². The van der Waals surface area contributed by atoms with Gasteiger partial charge in [-0.2, -0.15) is 11.3 Å². The van der Waals surface area contributed by atoms with E-state index in [1.807, 2.05) is 11.3 Å². The zero-order valence-electron chi connectivity index (χ0n) is 10.6. The topological polar surface area (TPSA) is 12.0 Å². The molecule has 1 atom stereocenters. The second-order valence-electron chi connectivity index (χ2n) is 5.77. The molecule has 1 aromatic heterocycles. The Balaban J connectivity index is 1.95. The second kappa shape index (κ2) is 4.89. The highest BCUT2D eigenvalue weighted by atomic mass is 32.1. The van der Waals surface area contributed by atoms with Crippen LogP contribution in [-0.4, -0.2) is 12.6 Å². The Kier molecular flexibility index (Phi) is 3.70. The van der Waals surface area contributed by atoms with Crippen LogP contribution in [-0.2, 0) is 6.42 Å². The van der Waals surface area contributed by atoms with Crippen molar-refractivity contribution in [3.63, 3.8) is 0 Å². The van der Waals surface area contributed by atoms with E-state index < -0.39 is 0 Å². The highest BCUT2D eigenvalue weighted by Crippen LogP contribution is 2.32. The van der Waals surface area contributed by atoms with Crippen LogP contribution in [0.15, 0.2) is 16.8 Å². The summed E-state index contributed by atoms with van der Waals surface area (Å²) in [5.74, 6) is 0.721. The lowest BCUT2D eigenvalue weighted by molar-refractivity contribution is 0.207. The highest BCUT2D eigenvalue weighted by molar-refractivity contribution is 7.07. The first-order chi connectivity index (χ1) is 7.60. The van der Waals surface area contributed by atoms with Gasteiger partial charge in [-0.25, -0.2) is 0 Å². The molecule has 1 aliphatic rings. The van der Waals surface area contributed by atoms with Crippen molar-refractivity contribution < 1.29 is 0 Å². The molecule has 0 spiro atoms. The molecule has 1 saturated carbocycles. The van der Waals surface area contributed by atoms with Crippen molar-refractivity contribution in [2.75, 3.05) is 6.54 Å². The Morgan fingerprint density at radius 2 is 2.25 bits per heavy atom. The summed E-state index contributed by atoms with van der Waals surface area (Å²) in [5, 5.41) is 8.17. The molecule has 0 aromatic carbocycles. The average Bonchev–Trinajstić information content (AvgIpc) is 2.94. The van der Waals surface area contributed by atoms with E-state index in [1.54, 1.807) is 0 Å². The van der Waals surface area contributed by atoms with Gasteiger partial charge in [0.2, 0.25) is 0 Å². The maximum Gasteiger partial charge on any atom is 0.00684 e. The van der Waals surface area contributed by atoms with Gasteiger partial charge < -0.3 is 5.32 Å². The fourth-order valence-corrected chi connectivity index (χ4v) is 2.66. The summed E-state index contributed by atoms with van der Waals surface area (Å²) in [6.07, 6.45) is 3.97. The number of nitrogens with one attached hydrogen (secondary N) is 1. The molecule has 1 aliphatic carbocycles. The molecule has 0 amide bonds. The summed E-state index contributed by atoms with van der Waals surface area (Å²) in [6, 6.07) is 3.09. The average molecular weight is 237 g/mol. The van der Waals surface area contributed by atoms with E-state index in [1.165, 1.54) is 24.8 Å². The predicted molar refractivity (Wildman–Crippen MR) is 72.0 cm³/mol. The zero-order valence-corrected chi connectivity index (χ0v) is 11.4. The third kappa shape index (κ3) is 3.08. The summed E-state index contributed by atoms with van der Waals surface area (Å²) < 4.78 is 0. The molecule has 1 fully saturated rings. The number of thiophene rings is 1. The molecular weight excluding hydrogens is 214 g/mol. The van der Waals surface area contributed by atoms with Crippen molar-refractivity contribution in [1.29, 1.82) is 0 Å². The Bertz CT molecular complexity index is 313. The molecule has 1 aromatic rings. The SMILES string of the molecule is CC(C)C(C)(CNC1CC1)Cc1ccsc1. The molecule has 0 saturated heterocycles. The maximum atomic E-state index is 3.69. The van der Waals surface area contributed by atoms with Crippen molar-refractivity contribution in [2.24, 2.45) is 11.3 Å². The van der Waals surface area contributed by atoms with Crippen LogP contribution >= 0.6 is 11.3 Å². The smallest absolute Gasteiger partial charge is 0.00684 e. The number of rotatable bonds is 6. The molecule has 90 valence electrons. The lowest BCUT2D eigenvalue weighted by Gasteiger charge is -2.34. The monoisotopic (exact) mass is 237 g/mol. The van der Waals surface area contributed by atoms with E-state index >= 15 is 0 Å². The molecule has 1 unspecified atom stereocenters. The van der Waals surface area contributed by atoms with Crippen LogP contribution in [0, 0.1) is 11.3 Å². The van der Waals surface area contributed by atoms with E-state index in [9.17, 15) is 0 Å². The summed E-state index contributed by atoms with van der Waals surface area (Å²) in [7, 11) is 0. The summed E-state index contributed by atoms with van der Waals surface area (Å²) >= 11 is 1.81. The van der Waals surface area contributed by atoms with E-state index in [-0.39, 0.29) is 0 Å². The largest absolute Gasteiger partial charge is 0.313 e. The van der Waals surface area contributed by atoms with Crippen LogP contribution in [0.1, 0.15) is 39.2 Å². The van der Waals surface area contributed by atoms with Crippen molar-refractivity contribution in [2.45, 2.75) is 46.1 Å². The van der Waals surface area contributed by atoms with Gasteiger partial charge in [0.1, 0.15) is 0 Å². The highest BCUT2D eigenvalue weighted by Gasteiger charge is 2.31. The molecule has 0 radical (unpaired) electrons. The number of hydrogen-bond acceptors (Lipinski definition) is 2. The van der Waals surface area contributed by atoms with Gasteiger partial charge in [-0.05, 0) is 53.0 Å². The van der Waals surface area contributed by atoms with Crippen LogP contribution < -0.4 is 5.32 Å². The maximum absolute atomic E-state index is 3.69. The predicted octanol–water partition coefficient (Wildman–Crippen LogP) is 3.70. The minimum Gasteiger partial charge on any atom is -0.313 e. The normalized spacial score (nSPS) is 20.0. The van der Waals surface area contributed by atoms with Gasteiger partial charge in [0.15, 0.2) is 0 Å². The van der Waals surface area contributed by atoms with Gasteiger partial charge in [-0.1, -0.05) is 20.8 Å². The van der Waals surface area contributed by atoms with Crippen LogP contribution in [0.2, 0.25) is 0 Å². The lowest BCUT2D eigenvalue weighted by atomic mass is 9.74. The van der Waals surface area contributed by atoms with E-state index in [0.717, 1.165) is 18.5 Å². The standard InChI is InChI=1S/C14H23NS/c1-11(2)14(3,10-15-13-4-5-13)8-12-6-7-16-9-12/h6-7,9,11,13,15H,4-5,8,10H2,1-3H3. The first-order valence-corrected chi connectivity index (χ1v) is 7.29. The third-order valence-corrected chi connectivity index (χ3v) is 4.69. The van der Waals surface area contributed by atoms with Crippen LogP contribution in [0.5, 0.6) is 0 Å². The van der Waals surface area contributed by atoms with Gasteiger partial charge in [-0.3, -0.25) is 0 Å². The van der Waals surface area contributed by atoms with Gasteiger partial charge in [-0.15, -0.1) is 0 Å². The van der Waals surface area contributed by atoms with E-state index in [2.05, 4.69) is 42.9 Å². The van der Waals surface area contributed by atoms with Gasteiger partial charge in [0, 0.05) is 12.6 Å². The first-order valence-electron chi connectivity index (χ1n) is 6.34. The summed E-state index contributed by atoms with van der Waals surface area (Å²) in [5.41, 5.74) is 1.89. The Morgan fingerprint density at radius 1 is 1.50 bits per heavy atom. The summed E-state index contributed by atoms with van der Waals surface area (Å²) in [4.78, 5) is 0. The van der Waals surface area contributed by atoms with Gasteiger partial charge in [0.05, 0.1) is 0 Å². The quantitative estimate of drug-likeness (QED) is 0.795. The molecule has 1 heterocycles. The van der Waals surface area contributed by atoms with Gasteiger partial charge in [0.25, 0.3) is 0 Å².